The number of halogens is 1. The summed E-state index contributed by atoms with van der Waals surface area (Å²) in [4.78, 5) is 0. The van der Waals surface area contributed by atoms with Gasteiger partial charge in [0.25, 0.3) is 0 Å². The Morgan fingerprint density at radius 2 is 1.91 bits per heavy atom. The molecule has 0 aliphatic rings. The first-order valence-corrected chi connectivity index (χ1v) is 4.56. The molecular weight excluding hydrogens is 224 g/mol. The molecule has 1 atom stereocenters. The van der Waals surface area contributed by atoms with Crippen LogP contribution in [0.1, 0.15) is 5.56 Å². The minimum absolute atomic E-state index is 0.647. The van der Waals surface area contributed by atoms with Crippen LogP contribution >= 0.6 is 11.6 Å². The maximum atomic E-state index is 8.43. The second-order valence-corrected chi connectivity index (χ2v) is 3.58. The molecule has 0 spiro atoms. The summed E-state index contributed by atoms with van der Waals surface area (Å²) >= 11 is 6.94. The third-order valence-corrected chi connectivity index (χ3v) is 2.44. The molecule has 4 heteroatoms. The van der Waals surface area contributed by atoms with Gasteiger partial charge in [0.05, 0.1) is 0 Å². The first-order chi connectivity index (χ1) is 5.24. The van der Waals surface area contributed by atoms with Gasteiger partial charge in [-0.2, -0.15) is 0 Å². The molecule has 58 valence electrons. The standard InChI is InChI=1S/C7H7AsClNO/c8-7(10-11)5-1-3-6(9)4-2-5/h1-4,11H,8H2. The molecule has 0 bridgehead atoms. The number of oxime groups is 1. The van der Waals surface area contributed by atoms with Crippen LogP contribution < -0.4 is 0 Å². The molecule has 0 aliphatic carbocycles. The molecule has 0 amide bonds. The fourth-order valence-corrected chi connectivity index (χ4v) is 1.21. The SMILES string of the molecule is ON=C([AsH2])c1ccc(Cl)cc1. The van der Waals surface area contributed by atoms with Crippen molar-refractivity contribution in [1.82, 2.24) is 0 Å². The first-order valence-electron chi connectivity index (χ1n) is 2.97. The van der Waals surface area contributed by atoms with Gasteiger partial charge in [0.2, 0.25) is 0 Å². The van der Waals surface area contributed by atoms with E-state index in [2.05, 4.69) is 5.16 Å². The molecule has 1 aromatic rings. The Labute approximate surface area is 78.4 Å². The molecule has 0 saturated carbocycles. The fraction of sp³-hybridized carbons (Fsp3) is 0. The molecule has 0 heterocycles. The van der Waals surface area contributed by atoms with E-state index in [9.17, 15) is 0 Å². The van der Waals surface area contributed by atoms with Crippen LogP contribution in [0, 0.1) is 0 Å². The van der Waals surface area contributed by atoms with E-state index < -0.39 is 0 Å². The van der Waals surface area contributed by atoms with Crippen LogP contribution in [0.4, 0.5) is 0 Å². The third kappa shape index (κ3) is 2.25. The maximum absolute atomic E-state index is 8.43. The van der Waals surface area contributed by atoms with E-state index in [-0.39, 0.29) is 0 Å². The monoisotopic (exact) mass is 231 g/mol. The van der Waals surface area contributed by atoms with E-state index >= 15 is 0 Å². The van der Waals surface area contributed by atoms with Crippen LogP contribution in [-0.2, 0) is 0 Å². The summed E-state index contributed by atoms with van der Waals surface area (Å²) in [6.45, 7) is 0. The van der Waals surface area contributed by atoms with Crippen molar-refractivity contribution in [1.29, 1.82) is 0 Å². The van der Waals surface area contributed by atoms with Gasteiger partial charge in [0, 0.05) is 0 Å². The molecule has 0 radical (unpaired) electrons. The molecule has 1 N–H and O–H groups in total. The van der Waals surface area contributed by atoms with Crippen molar-refractivity contribution in [3.05, 3.63) is 34.9 Å². The Morgan fingerprint density at radius 3 is 2.36 bits per heavy atom. The van der Waals surface area contributed by atoms with Crippen molar-refractivity contribution in [3.63, 3.8) is 0 Å². The van der Waals surface area contributed by atoms with Gasteiger partial charge in [-0.1, -0.05) is 0 Å². The van der Waals surface area contributed by atoms with Gasteiger partial charge in [0.15, 0.2) is 0 Å². The van der Waals surface area contributed by atoms with E-state index in [1.165, 1.54) is 16.9 Å². The fourth-order valence-electron chi connectivity index (χ4n) is 0.678. The second-order valence-electron chi connectivity index (χ2n) is 1.99. The molecule has 0 fully saturated rings. The molecular formula is C7H7AsClNO. The van der Waals surface area contributed by atoms with Crippen LogP contribution in [0.5, 0.6) is 0 Å². The van der Waals surface area contributed by atoms with E-state index in [1.807, 2.05) is 12.1 Å². The predicted octanol–water partition coefficient (Wildman–Crippen LogP) is 1.11. The number of nitrogens with zero attached hydrogens (tertiary/aromatic N) is 1. The summed E-state index contributed by atoms with van der Waals surface area (Å²) in [5.74, 6) is 0. The topological polar surface area (TPSA) is 32.6 Å². The molecule has 0 aliphatic heterocycles. The molecule has 0 saturated heterocycles. The van der Waals surface area contributed by atoms with Gasteiger partial charge in [-0.25, -0.2) is 0 Å². The minimum atomic E-state index is 0.647. The van der Waals surface area contributed by atoms with Gasteiger partial charge < -0.3 is 0 Å². The third-order valence-electron chi connectivity index (χ3n) is 1.25. The summed E-state index contributed by atoms with van der Waals surface area (Å²) in [6.07, 6.45) is 0. The van der Waals surface area contributed by atoms with Gasteiger partial charge in [-0.05, 0) is 0 Å². The van der Waals surface area contributed by atoms with Crippen LogP contribution in [0.25, 0.3) is 0 Å². The van der Waals surface area contributed by atoms with Crippen molar-refractivity contribution in [3.8, 4) is 0 Å². The number of benzene rings is 1. The first kappa shape index (κ1) is 8.63. The predicted molar refractivity (Wildman–Crippen MR) is 48.3 cm³/mol. The Balaban J connectivity index is 2.99. The molecule has 1 aromatic carbocycles. The zero-order valence-electron chi connectivity index (χ0n) is 5.66. The van der Waals surface area contributed by atoms with Crippen molar-refractivity contribution < 1.29 is 5.21 Å². The average molecular weight is 232 g/mol. The van der Waals surface area contributed by atoms with Crippen molar-refractivity contribution in [2.24, 2.45) is 5.16 Å². The summed E-state index contributed by atoms with van der Waals surface area (Å²) < 4.78 is 0.647. The Hall–Kier alpha value is -0.462. The summed E-state index contributed by atoms with van der Waals surface area (Å²) in [6, 6.07) is 7.17. The Bertz CT molecular complexity index is 270. The Kier molecular flexibility index (Phi) is 2.98. The van der Waals surface area contributed by atoms with E-state index in [4.69, 9.17) is 16.8 Å². The van der Waals surface area contributed by atoms with Gasteiger partial charge >= 0.3 is 78.2 Å². The molecule has 11 heavy (non-hydrogen) atoms. The van der Waals surface area contributed by atoms with Gasteiger partial charge in [0.1, 0.15) is 0 Å². The summed E-state index contributed by atoms with van der Waals surface area (Å²) in [5.41, 5.74) is 0.900. The molecule has 0 aromatic heterocycles. The van der Waals surface area contributed by atoms with E-state index in [0.717, 1.165) is 5.56 Å². The Morgan fingerprint density at radius 1 is 1.36 bits per heavy atom. The molecule has 1 rings (SSSR count). The van der Waals surface area contributed by atoms with E-state index in [0.29, 0.717) is 9.52 Å². The van der Waals surface area contributed by atoms with Crippen molar-refractivity contribution in [2.75, 3.05) is 0 Å². The number of rotatable bonds is 1. The zero-order valence-corrected chi connectivity index (χ0v) is 8.84. The van der Waals surface area contributed by atoms with Crippen molar-refractivity contribution >= 4 is 33.0 Å². The van der Waals surface area contributed by atoms with Gasteiger partial charge in [-0.15, -0.1) is 0 Å². The van der Waals surface area contributed by atoms with Crippen LogP contribution in [0.15, 0.2) is 29.4 Å². The van der Waals surface area contributed by atoms with Crippen molar-refractivity contribution in [2.45, 2.75) is 0 Å². The average Bonchev–Trinajstić information content (AvgIpc) is 2.05. The quantitative estimate of drug-likeness (QED) is 0.334. The normalized spacial score (nSPS) is 11.6. The molecule has 2 nitrogen and oxygen atoms in total. The van der Waals surface area contributed by atoms with E-state index in [1.54, 1.807) is 12.1 Å². The summed E-state index contributed by atoms with van der Waals surface area (Å²) in [5, 5.41) is 12.2. The van der Waals surface area contributed by atoms with Crippen LogP contribution in [0.2, 0.25) is 5.02 Å². The second kappa shape index (κ2) is 3.79. The van der Waals surface area contributed by atoms with Crippen LogP contribution in [0.3, 0.4) is 0 Å². The number of hydrogen-bond donors (Lipinski definition) is 1. The summed E-state index contributed by atoms with van der Waals surface area (Å²) in [7, 11) is 0. The number of hydrogen-bond acceptors (Lipinski definition) is 2. The van der Waals surface area contributed by atoms with Crippen LogP contribution in [-0.4, -0.2) is 26.6 Å². The molecule has 1 unspecified atom stereocenters. The van der Waals surface area contributed by atoms with Gasteiger partial charge in [-0.3, -0.25) is 0 Å². The zero-order chi connectivity index (χ0) is 8.27.